The number of rotatable bonds is 2. The van der Waals surface area contributed by atoms with Crippen molar-refractivity contribution in [3.63, 3.8) is 0 Å². The second-order valence-electron chi connectivity index (χ2n) is 4.93. The van der Waals surface area contributed by atoms with Crippen LogP contribution in [0.2, 0.25) is 0 Å². The van der Waals surface area contributed by atoms with Gasteiger partial charge in [0.05, 0.1) is 11.6 Å². The van der Waals surface area contributed by atoms with E-state index in [1.165, 1.54) is 0 Å². The van der Waals surface area contributed by atoms with Gasteiger partial charge in [0.2, 0.25) is 11.7 Å². The third-order valence-corrected chi connectivity index (χ3v) is 3.74. The van der Waals surface area contributed by atoms with Crippen LogP contribution in [0.4, 0.5) is 0 Å². The first kappa shape index (κ1) is 11.3. The molecule has 2 atom stereocenters. The van der Waals surface area contributed by atoms with Crippen LogP contribution in [-0.2, 0) is 5.41 Å². The topological polar surface area (TPSA) is 90.7 Å². The van der Waals surface area contributed by atoms with Crippen LogP contribution in [0.1, 0.15) is 32.1 Å². The molecule has 94 valence electrons. The first-order chi connectivity index (χ1) is 8.70. The second-order valence-corrected chi connectivity index (χ2v) is 4.93. The highest BCUT2D eigenvalue weighted by atomic mass is 16.5. The molecular formula is C12H15N5O. The van der Waals surface area contributed by atoms with Gasteiger partial charge in [0, 0.05) is 18.4 Å². The maximum absolute atomic E-state index is 6.14. The molecule has 0 bridgehead atoms. The molecule has 0 aliphatic heterocycles. The molecule has 0 aromatic carbocycles. The van der Waals surface area contributed by atoms with E-state index in [0.29, 0.717) is 17.4 Å². The fourth-order valence-electron chi connectivity index (χ4n) is 2.43. The molecule has 1 saturated carbocycles. The Morgan fingerprint density at radius 1 is 1.44 bits per heavy atom. The third kappa shape index (κ3) is 1.69. The molecule has 1 aliphatic carbocycles. The Kier molecular flexibility index (Phi) is 2.59. The zero-order valence-electron chi connectivity index (χ0n) is 10.2. The molecule has 0 saturated heterocycles. The summed E-state index contributed by atoms with van der Waals surface area (Å²) in [5.74, 6) is 1.08. The molecule has 2 heterocycles. The van der Waals surface area contributed by atoms with E-state index in [1.54, 1.807) is 18.6 Å². The Hall–Kier alpha value is -1.82. The van der Waals surface area contributed by atoms with Gasteiger partial charge in [0.25, 0.3) is 0 Å². The van der Waals surface area contributed by atoms with E-state index in [2.05, 4.69) is 27.0 Å². The molecule has 2 aromatic heterocycles. The number of nitrogens with zero attached hydrogens (tertiary/aromatic N) is 4. The smallest absolute Gasteiger partial charge is 0.234 e. The van der Waals surface area contributed by atoms with Crippen molar-refractivity contribution >= 4 is 0 Å². The SMILES string of the molecule is CC1(c2nc(-c3cnccn3)no2)CCCC1N. The van der Waals surface area contributed by atoms with Gasteiger partial charge in [0.15, 0.2) is 0 Å². The fraction of sp³-hybridized carbons (Fsp3) is 0.500. The highest BCUT2D eigenvalue weighted by Crippen LogP contribution is 2.39. The Morgan fingerprint density at radius 2 is 2.33 bits per heavy atom. The summed E-state index contributed by atoms with van der Waals surface area (Å²) in [5.41, 5.74) is 6.54. The average Bonchev–Trinajstić information content (AvgIpc) is 3.00. The highest BCUT2D eigenvalue weighted by molar-refractivity contribution is 5.45. The molecule has 2 unspecified atom stereocenters. The number of aromatic nitrogens is 4. The Labute approximate surface area is 105 Å². The van der Waals surface area contributed by atoms with Crippen molar-refractivity contribution in [1.82, 2.24) is 20.1 Å². The van der Waals surface area contributed by atoms with Gasteiger partial charge in [-0.25, -0.2) is 4.98 Å². The van der Waals surface area contributed by atoms with Crippen LogP contribution in [0.3, 0.4) is 0 Å². The third-order valence-electron chi connectivity index (χ3n) is 3.74. The van der Waals surface area contributed by atoms with Crippen LogP contribution in [0.25, 0.3) is 11.5 Å². The van der Waals surface area contributed by atoms with Gasteiger partial charge in [-0.15, -0.1) is 0 Å². The molecule has 1 aliphatic rings. The summed E-state index contributed by atoms with van der Waals surface area (Å²) in [4.78, 5) is 12.6. The molecule has 1 fully saturated rings. The standard InChI is InChI=1S/C12H15N5O/c1-12(4-2-3-9(12)13)11-16-10(17-18-11)8-7-14-5-6-15-8/h5-7,9H,2-4,13H2,1H3. The Balaban J connectivity index is 1.95. The maximum atomic E-state index is 6.14. The molecule has 0 radical (unpaired) electrons. The molecular weight excluding hydrogens is 230 g/mol. The summed E-state index contributed by atoms with van der Waals surface area (Å²) >= 11 is 0. The summed E-state index contributed by atoms with van der Waals surface area (Å²) < 4.78 is 5.37. The van der Waals surface area contributed by atoms with Crippen LogP contribution in [0.5, 0.6) is 0 Å². The van der Waals surface area contributed by atoms with Crippen LogP contribution in [0, 0.1) is 0 Å². The van der Waals surface area contributed by atoms with E-state index >= 15 is 0 Å². The van der Waals surface area contributed by atoms with Gasteiger partial charge >= 0.3 is 0 Å². The molecule has 6 heteroatoms. The molecule has 18 heavy (non-hydrogen) atoms. The summed E-state index contributed by atoms with van der Waals surface area (Å²) in [7, 11) is 0. The van der Waals surface area contributed by atoms with E-state index < -0.39 is 0 Å². The van der Waals surface area contributed by atoms with E-state index in [9.17, 15) is 0 Å². The van der Waals surface area contributed by atoms with Crippen molar-refractivity contribution in [1.29, 1.82) is 0 Å². The summed E-state index contributed by atoms with van der Waals surface area (Å²) in [6, 6.07) is 0.0765. The molecule has 6 nitrogen and oxygen atoms in total. The predicted molar refractivity (Wildman–Crippen MR) is 64.5 cm³/mol. The normalized spacial score (nSPS) is 27.6. The van der Waals surface area contributed by atoms with Crippen LogP contribution in [-0.4, -0.2) is 26.2 Å². The highest BCUT2D eigenvalue weighted by Gasteiger charge is 2.42. The molecule has 0 spiro atoms. The predicted octanol–water partition coefficient (Wildman–Crippen LogP) is 1.30. The van der Waals surface area contributed by atoms with E-state index in [4.69, 9.17) is 10.3 Å². The van der Waals surface area contributed by atoms with Gasteiger partial charge < -0.3 is 10.3 Å². The lowest BCUT2D eigenvalue weighted by molar-refractivity contribution is 0.278. The summed E-state index contributed by atoms with van der Waals surface area (Å²) in [6.45, 7) is 2.08. The van der Waals surface area contributed by atoms with E-state index in [1.807, 2.05) is 0 Å². The second kappa shape index (κ2) is 4.13. The van der Waals surface area contributed by atoms with Gasteiger partial charge in [-0.1, -0.05) is 11.6 Å². The van der Waals surface area contributed by atoms with Crippen molar-refractivity contribution < 1.29 is 4.52 Å². The van der Waals surface area contributed by atoms with E-state index in [-0.39, 0.29) is 11.5 Å². The fourth-order valence-corrected chi connectivity index (χ4v) is 2.43. The zero-order valence-corrected chi connectivity index (χ0v) is 10.2. The minimum Gasteiger partial charge on any atom is -0.338 e. The van der Waals surface area contributed by atoms with Crippen LogP contribution in [0.15, 0.2) is 23.1 Å². The van der Waals surface area contributed by atoms with Crippen LogP contribution >= 0.6 is 0 Å². The lowest BCUT2D eigenvalue weighted by Crippen LogP contribution is -2.38. The van der Waals surface area contributed by atoms with Gasteiger partial charge in [0.1, 0.15) is 5.69 Å². The monoisotopic (exact) mass is 245 g/mol. The minimum absolute atomic E-state index is 0.0765. The lowest BCUT2D eigenvalue weighted by atomic mass is 9.85. The van der Waals surface area contributed by atoms with Crippen molar-refractivity contribution in [2.45, 2.75) is 37.6 Å². The molecule has 3 rings (SSSR count). The first-order valence-electron chi connectivity index (χ1n) is 6.06. The first-order valence-corrected chi connectivity index (χ1v) is 6.06. The van der Waals surface area contributed by atoms with Crippen molar-refractivity contribution in [2.75, 3.05) is 0 Å². The zero-order chi connectivity index (χ0) is 12.6. The summed E-state index contributed by atoms with van der Waals surface area (Å²) in [5, 5.41) is 3.97. The molecule has 0 amide bonds. The van der Waals surface area contributed by atoms with Crippen molar-refractivity contribution in [2.24, 2.45) is 5.73 Å². The molecule has 2 N–H and O–H groups in total. The van der Waals surface area contributed by atoms with Crippen molar-refractivity contribution in [3.8, 4) is 11.5 Å². The number of hydrogen-bond donors (Lipinski definition) is 1. The quantitative estimate of drug-likeness (QED) is 0.857. The Morgan fingerprint density at radius 3 is 3.00 bits per heavy atom. The number of nitrogens with two attached hydrogens (primary N) is 1. The van der Waals surface area contributed by atoms with Gasteiger partial charge in [-0.2, -0.15) is 4.98 Å². The lowest BCUT2D eigenvalue weighted by Gasteiger charge is -2.23. The average molecular weight is 245 g/mol. The van der Waals surface area contributed by atoms with E-state index in [0.717, 1.165) is 19.3 Å². The molecule has 2 aromatic rings. The largest absolute Gasteiger partial charge is 0.338 e. The van der Waals surface area contributed by atoms with Gasteiger partial charge in [-0.3, -0.25) is 4.98 Å². The van der Waals surface area contributed by atoms with Crippen molar-refractivity contribution in [3.05, 3.63) is 24.5 Å². The minimum atomic E-state index is -0.215. The number of hydrogen-bond acceptors (Lipinski definition) is 6. The maximum Gasteiger partial charge on any atom is 0.234 e. The summed E-state index contributed by atoms with van der Waals surface area (Å²) in [6.07, 6.45) is 7.91. The van der Waals surface area contributed by atoms with Gasteiger partial charge in [-0.05, 0) is 19.8 Å². The van der Waals surface area contributed by atoms with Crippen LogP contribution < -0.4 is 5.73 Å². The Bertz CT molecular complexity index is 540.